The molecule has 5 nitrogen and oxygen atoms in total. The lowest BCUT2D eigenvalue weighted by molar-refractivity contribution is -0.144. The minimum absolute atomic E-state index is 0.0590. The Bertz CT molecular complexity index is 366. The summed E-state index contributed by atoms with van der Waals surface area (Å²) in [4.78, 5) is 25.5. The first-order chi connectivity index (χ1) is 8.42. The van der Waals surface area contributed by atoms with E-state index in [9.17, 15) is 9.59 Å². The van der Waals surface area contributed by atoms with Gasteiger partial charge in [-0.25, -0.2) is 0 Å². The Kier molecular flexibility index (Phi) is 4.30. The van der Waals surface area contributed by atoms with Gasteiger partial charge in [0.2, 0.25) is 11.8 Å². The van der Waals surface area contributed by atoms with Crippen molar-refractivity contribution in [3.63, 3.8) is 0 Å². The number of hydrogen-bond acceptors (Lipinski definition) is 3. The molecule has 1 saturated heterocycles. The van der Waals surface area contributed by atoms with Gasteiger partial charge in [-0.2, -0.15) is 0 Å². The van der Waals surface area contributed by atoms with Gasteiger partial charge in [0.15, 0.2) is 0 Å². The molecular weight excluding hydrogens is 244 g/mol. The highest BCUT2D eigenvalue weighted by molar-refractivity contribution is 5.89. The van der Waals surface area contributed by atoms with Gasteiger partial charge in [-0.05, 0) is 20.8 Å². The van der Waals surface area contributed by atoms with Crippen LogP contribution in [0.25, 0.3) is 0 Å². The molecule has 110 valence electrons. The van der Waals surface area contributed by atoms with Crippen molar-refractivity contribution in [1.29, 1.82) is 0 Å². The van der Waals surface area contributed by atoms with Gasteiger partial charge in [0.1, 0.15) is 6.04 Å². The Labute approximate surface area is 115 Å². The van der Waals surface area contributed by atoms with Crippen LogP contribution in [0, 0.1) is 5.41 Å². The van der Waals surface area contributed by atoms with E-state index in [0.29, 0.717) is 13.0 Å². The first kappa shape index (κ1) is 16.0. The first-order valence-electron chi connectivity index (χ1n) is 6.70. The van der Waals surface area contributed by atoms with Crippen molar-refractivity contribution in [3.05, 3.63) is 0 Å². The van der Waals surface area contributed by atoms with E-state index in [1.807, 2.05) is 41.5 Å². The van der Waals surface area contributed by atoms with Crippen LogP contribution in [0.4, 0.5) is 0 Å². The minimum atomic E-state index is -0.556. The number of hydrogen-bond donors (Lipinski definition) is 1. The molecule has 2 amide bonds. The van der Waals surface area contributed by atoms with Crippen LogP contribution in [0.15, 0.2) is 0 Å². The summed E-state index contributed by atoms with van der Waals surface area (Å²) >= 11 is 0. The number of nitrogens with zero attached hydrogens (tertiary/aromatic N) is 1. The van der Waals surface area contributed by atoms with Crippen molar-refractivity contribution in [2.24, 2.45) is 11.1 Å². The molecule has 1 fully saturated rings. The maximum Gasteiger partial charge on any atom is 0.240 e. The summed E-state index contributed by atoms with van der Waals surface area (Å²) in [5, 5.41) is 0. The van der Waals surface area contributed by atoms with E-state index < -0.39 is 17.4 Å². The van der Waals surface area contributed by atoms with Crippen LogP contribution < -0.4 is 5.73 Å². The molecule has 0 aromatic carbocycles. The molecule has 0 saturated carbocycles. The van der Waals surface area contributed by atoms with E-state index >= 15 is 0 Å². The number of carbonyl (C=O) groups is 2. The molecular formula is C14H26N2O3. The van der Waals surface area contributed by atoms with Crippen LogP contribution in [-0.2, 0) is 14.3 Å². The molecule has 0 spiro atoms. The molecule has 0 aliphatic carbocycles. The molecule has 0 bridgehead atoms. The maximum absolute atomic E-state index is 12.4. The summed E-state index contributed by atoms with van der Waals surface area (Å²) in [6.45, 7) is 11.8. The van der Waals surface area contributed by atoms with Gasteiger partial charge in [-0.1, -0.05) is 20.8 Å². The lowest BCUT2D eigenvalue weighted by atomic mass is 9.94. The lowest BCUT2D eigenvalue weighted by Crippen LogP contribution is -2.48. The van der Waals surface area contributed by atoms with Crippen molar-refractivity contribution < 1.29 is 14.3 Å². The van der Waals surface area contributed by atoms with Crippen LogP contribution in [0.2, 0.25) is 0 Å². The summed E-state index contributed by atoms with van der Waals surface area (Å²) in [5.74, 6) is -0.520. The van der Waals surface area contributed by atoms with Gasteiger partial charge in [0, 0.05) is 18.4 Å². The minimum Gasteiger partial charge on any atom is -0.371 e. The molecule has 2 N–H and O–H groups in total. The smallest absolute Gasteiger partial charge is 0.240 e. The Morgan fingerprint density at radius 2 is 1.68 bits per heavy atom. The summed E-state index contributed by atoms with van der Waals surface area (Å²) in [7, 11) is 0. The van der Waals surface area contributed by atoms with Crippen molar-refractivity contribution in [2.45, 2.75) is 65.7 Å². The third-order valence-electron chi connectivity index (χ3n) is 3.01. The average Bonchev–Trinajstić information content (AvgIpc) is 2.56. The second-order valence-electron chi connectivity index (χ2n) is 7.21. The second kappa shape index (κ2) is 5.12. The van der Waals surface area contributed by atoms with Crippen molar-refractivity contribution in [1.82, 2.24) is 4.90 Å². The topological polar surface area (TPSA) is 72.6 Å². The van der Waals surface area contributed by atoms with Gasteiger partial charge >= 0.3 is 0 Å². The molecule has 2 unspecified atom stereocenters. The largest absolute Gasteiger partial charge is 0.371 e. The average molecular weight is 270 g/mol. The molecule has 19 heavy (non-hydrogen) atoms. The zero-order valence-corrected chi connectivity index (χ0v) is 12.8. The van der Waals surface area contributed by atoms with Gasteiger partial charge in [-0.15, -0.1) is 0 Å². The van der Waals surface area contributed by atoms with Crippen molar-refractivity contribution in [2.75, 3.05) is 6.54 Å². The van der Waals surface area contributed by atoms with E-state index in [0.717, 1.165) is 0 Å². The predicted molar refractivity (Wildman–Crippen MR) is 73.4 cm³/mol. The van der Waals surface area contributed by atoms with E-state index in [4.69, 9.17) is 10.5 Å². The van der Waals surface area contributed by atoms with Gasteiger partial charge in [-0.3, -0.25) is 9.59 Å². The SMILES string of the molecule is CC(C)(C)OC1CC(C(N)=O)N(C(=O)C(C)(C)C)C1. The third kappa shape index (κ3) is 4.20. The highest BCUT2D eigenvalue weighted by atomic mass is 16.5. The Hall–Kier alpha value is -1.10. The molecule has 0 radical (unpaired) electrons. The second-order valence-corrected chi connectivity index (χ2v) is 7.21. The summed E-state index contributed by atoms with van der Waals surface area (Å²) in [6.07, 6.45) is 0.345. The molecule has 1 rings (SSSR count). The number of carbonyl (C=O) groups excluding carboxylic acids is 2. The summed E-state index contributed by atoms with van der Waals surface area (Å²) < 4.78 is 5.87. The Morgan fingerprint density at radius 3 is 2.05 bits per heavy atom. The van der Waals surface area contributed by atoms with Crippen molar-refractivity contribution in [3.8, 4) is 0 Å². The zero-order valence-electron chi connectivity index (χ0n) is 12.8. The Morgan fingerprint density at radius 1 is 1.16 bits per heavy atom. The van der Waals surface area contributed by atoms with Crippen molar-refractivity contribution >= 4 is 11.8 Å². The molecule has 1 aliphatic heterocycles. The number of likely N-dealkylation sites (tertiary alicyclic amines) is 1. The molecule has 0 aromatic heterocycles. The van der Waals surface area contributed by atoms with Crippen LogP contribution in [-0.4, -0.2) is 41.0 Å². The number of primary amides is 1. The van der Waals surface area contributed by atoms with Gasteiger partial charge < -0.3 is 15.4 Å². The monoisotopic (exact) mass is 270 g/mol. The van der Waals surface area contributed by atoms with Crippen LogP contribution in [0.3, 0.4) is 0 Å². The van der Waals surface area contributed by atoms with E-state index in [2.05, 4.69) is 0 Å². The normalized spacial score (nSPS) is 24.6. The highest BCUT2D eigenvalue weighted by Gasteiger charge is 2.43. The number of nitrogens with two attached hydrogens (primary N) is 1. The van der Waals surface area contributed by atoms with Crippen LogP contribution in [0.1, 0.15) is 48.0 Å². The fourth-order valence-corrected chi connectivity index (χ4v) is 2.31. The fraction of sp³-hybridized carbons (Fsp3) is 0.857. The summed E-state index contributed by atoms with van der Waals surface area (Å²) in [5.41, 5.74) is 4.59. The molecule has 5 heteroatoms. The predicted octanol–water partition coefficient (Wildman–Crippen LogP) is 1.30. The maximum atomic E-state index is 12.4. The number of rotatable bonds is 2. The van der Waals surface area contributed by atoms with Crippen LogP contribution in [0.5, 0.6) is 0 Å². The third-order valence-corrected chi connectivity index (χ3v) is 3.01. The van der Waals surface area contributed by atoms with Gasteiger partial charge in [0.05, 0.1) is 11.7 Å². The molecule has 0 aromatic rings. The lowest BCUT2D eigenvalue weighted by Gasteiger charge is -2.29. The Balaban J connectivity index is 2.86. The number of amides is 2. The molecule has 1 heterocycles. The van der Waals surface area contributed by atoms with Crippen LogP contribution >= 0.6 is 0 Å². The zero-order chi connectivity index (χ0) is 15.0. The molecule has 2 atom stereocenters. The summed E-state index contributed by atoms with van der Waals surface area (Å²) in [6, 6.07) is -0.556. The highest BCUT2D eigenvalue weighted by Crippen LogP contribution is 2.28. The van der Waals surface area contributed by atoms with Gasteiger partial charge in [0.25, 0.3) is 0 Å². The van der Waals surface area contributed by atoms with E-state index in [1.54, 1.807) is 4.90 Å². The first-order valence-corrected chi connectivity index (χ1v) is 6.70. The number of ether oxygens (including phenoxy) is 1. The molecule has 1 aliphatic rings. The quantitative estimate of drug-likeness (QED) is 0.822. The standard InChI is InChI=1S/C14H26N2O3/c1-13(2,3)12(18)16-8-9(19-14(4,5)6)7-10(16)11(15)17/h9-10H,7-8H2,1-6H3,(H2,15,17). The fourth-order valence-electron chi connectivity index (χ4n) is 2.31. The van der Waals surface area contributed by atoms with E-state index in [1.165, 1.54) is 0 Å². The van der Waals surface area contributed by atoms with E-state index in [-0.39, 0.29) is 17.6 Å².